The lowest BCUT2D eigenvalue weighted by Gasteiger charge is -2.32. The third-order valence-electron chi connectivity index (χ3n) is 3.84. The maximum absolute atomic E-state index is 12.7. The summed E-state index contributed by atoms with van der Waals surface area (Å²) in [4.78, 5) is 14.4. The largest absolute Gasteiger partial charge is 0.409 e. The second kappa shape index (κ2) is 7.33. The van der Waals surface area contributed by atoms with Crippen LogP contribution < -0.4 is 5.73 Å². The molecule has 0 aromatic heterocycles. The Hall–Kier alpha value is -1.30. The van der Waals surface area contributed by atoms with E-state index in [-0.39, 0.29) is 11.7 Å². The molecule has 0 heterocycles. The van der Waals surface area contributed by atoms with Crippen molar-refractivity contribution in [3.63, 3.8) is 0 Å². The van der Waals surface area contributed by atoms with Crippen molar-refractivity contribution in [3.05, 3.63) is 0 Å². The number of oxime groups is 1. The molecule has 1 rings (SSSR count). The summed E-state index contributed by atoms with van der Waals surface area (Å²) >= 11 is 0. The van der Waals surface area contributed by atoms with E-state index in [9.17, 15) is 4.79 Å². The highest BCUT2D eigenvalue weighted by Crippen LogP contribution is 2.40. The minimum Gasteiger partial charge on any atom is -0.409 e. The maximum atomic E-state index is 12.7. The molecule has 0 aromatic carbocycles. The van der Waals surface area contributed by atoms with E-state index in [1.807, 2.05) is 13.8 Å². The van der Waals surface area contributed by atoms with Gasteiger partial charge in [-0.2, -0.15) is 0 Å². The molecular weight excluding hydrogens is 246 g/mol. The summed E-state index contributed by atoms with van der Waals surface area (Å²) in [6, 6.07) is 0. The molecule has 1 amide bonds. The second-order valence-corrected chi connectivity index (χ2v) is 4.86. The van der Waals surface area contributed by atoms with Crippen molar-refractivity contribution in [2.24, 2.45) is 16.3 Å². The molecule has 1 saturated carbocycles. The van der Waals surface area contributed by atoms with Crippen molar-refractivity contribution in [2.75, 3.05) is 26.3 Å². The minimum atomic E-state index is -0.809. The van der Waals surface area contributed by atoms with Gasteiger partial charge in [0.05, 0.1) is 6.61 Å². The van der Waals surface area contributed by atoms with E-state index in [0.717, 1.165) is 12.8 Å². The summed E-state index contributed by atoms with van der Waals surface area (Å²) < 4.78 is 5.29. The van der Waals surface area contributed by atoms with E-state index >= 15 is 0 Å². The fourth-order valence-corrected chi connectivity index (χ4v) is 2.68. The average molecular weight is 271 g/mol. The van der Waals surface area contributed by atoms with Gasteiger partial charge in [0.25, 0.3) is 0 Å². The summed E-state index contributed by atoms with van der Waals surface area (Å²) in [6.07, 6.45) is 3.19. The monoisotopic (exact) mass is 271 g/mol. The molecule has 3 N–H and O–H groups in total. The fraction of sp³-hybridized carbons (Fsp3) is 0.846. The van der Waals surface area contributed by atoms with Crippen molar-refractivity contribution >= 4 is 11.7 Å². The highest BCUT2D eigenvalue weighted by Gasteiger charge is 2.47. The predicted octanol–water partition coefficient (Wildman–Crippen LogP) is 1.18. The molecule has 1 fully saturated rings. The molecule has 6 heteroatoms. The molecular formula is C13H25N3O3. The van der Waals surface area contributed by atoms with E-state index in [0.29, 0.717) is 39.1 Å². The zero-order valence-corrected chi connectivity index (χ0v) is 11.9. The van der Waals surface area contributed by atoms with Gasteiger partial charge in [-0.05, 0) is 26.7 Å². The van der Waals surface area contributed by atoms with Gasteiger partial charge in [0.15, 0.2) is 5.84 Å². The summed E-state index contributed by atoms with van der Waals surface area (Å²) in [5, 5.41) is 12.0. The van der Waals surface area contributed by atoms with Gasteiger partial charge in [-0.25, -0.2) is 0 Å². The number of amides is 1. The lowest BCUT2D eigenvalue weighted by molar-refractivity contribution is -0.138. The second-order valence-electron chi connectivity index (χ2n) is 4.86. The van der Waals surface area contributed by atoms with Gasteiger partial charge in [0, 0.05) is 19.7 Å². The zero-order valence-electron chi connectivity index (χ0n) is 11.9. The van der Waals surface area contributed by atoms with Crippen LogP contribution in [0.1, 0.15) is 39.5 Å². The molecule has 110 valence electrons. The number of nitrogens with two attached hydrogens (primary N) is 1. The van der Waals surface area contributed by atoms with Crippen LogP contribution in [0.5, 0.6) is 0 Å². The van der Waals surface area contributed by atoms with E-state index in [1.165, 1.54) is 0 Å². The van der Waals surface area contributed by atoms with Crippen molar-refractivity contribution < 1.29 is 14.7 Å². The molecule has 0 aromatic rings. The van der Waals surface area contributed by atoms with Gasteiger partial charge in [0.2, 0.25) is 5.91 Å². The van der Waals surface area contributed by atoms with Crippen LogP contribution in [0.25, 0.3) is 0 Å². The van der Waals surface area contributed by atoms with Crippen LogP contribution in [0, 0.1) is 5.41 Å². The lowest BCUT2D eigenvalue weighted by atomic mass is 9.83. The molecule has 0 spiro atoms. The van der Waals surface area contributed by atoms with Crippen LogP contribution in [0.15, 0.2) is 5.16 Å². The number of ether oxygens (including phenoxy) is 1. The smallest absolute Gasteiger partial charge is 0.236 e. The van der Waals surface area contributed by atoms with E-state index < -0.39 is 5.41 Å². The van der Waals surface area contributed by atoms with E-state index in [4.69, 9.17) is 15.7 Å². The summed E-state index contributed by atoms with van der Waals surface area (Å²) in [5.41, 5.74) is 4.97. The van der Waals surface area contributed by atoms with Gasteiger partial charge in [-0.15, -0.1) is 0 Å². The third-order valence-corrected chi connectivity index (χ3v) is 3.84. The molecule has 19 heavy (non-hydrogen) atoms. The Morgan fingerprint density at radius 3 is 2.53 bits per heavy atom. The summed E-state index contributed by atoms with van der Waals surface area (Å²) in [7, 11) is 0. The Kier molecular flexibility index (Phi) is 6.08. The normalized spacial score (nSPS) is 18.5. The van der Waals surface area contributed by atoms with Crippen LogP contribution in [0.4, 0.5) is 0 Å². The first kappa shape index (κ1) is 15.8. The van der Waals surface area contributed by atoms with Crippen LogP contribution in [-0.2, 0) is 9.53 Å². The van der Waals surface area contributed by atoms with Crippen LogP contribution in [-0.4, -0.2) is 48.2 Å². The van der Waals surface area contributed by atoms with Crippen molar-refractivity contribution in [3.8, 4) is 0 Å². The van der Waals surface area contributed by atoms with Gasteiger partial charge < -0.3 is 20.6 Å². The van der Waals surface area contributed by atoms with Crippen molar-refractivity contribution in [1.29, 1.82) is 0 Å². The first-order valence-corrected chi connectivity index (χ1v) is 6.97. The average Bonchev–Trinajstić information content (AvgIpc) is 2.93. The first-order valence-electron chi connectivity index (χ1n) is 6.97. The van der Waals surface area contributed by atoms with Crippen LogP contribution in [0.3, 0.4) is 0 Å². The number of rotatable bonds is 7. The van der Waals surface area contributed by atoms with Crippen LogP contribution >= 0.6 is 0 Å². The molecule has 1 aliphatic rings. The Morgan fingerprint density at radius 1 is 1.42 bits per heavy atom. The standard InChI is InChI=1S/C13H25N3O3/c1-3-16(9-10-19-4-2)12(17)13(11(14)15-18)7-5-6-8-13/h18H,3-10H2,1-2H3,(H2,14,15). The Labute approximate surface area is 114 Å². The Bertz CT molecular complexity index is 325. The zero-order chi connectivity index (χ0) is 14.3. The van der Waals surface area contributed by atoms with Crippen molar-refractivity contribution in [1.82, 2.24) is 4.90 Å². The number of hydrogen-bond acceptors (Lipinski definition) is 4. The maximum Gasteiger partial charge on any atom is 0.236 e. The molecule has 0 atom stereocenters. The number of nitrogens with zero attached hydrogens (tertiary/aromatic N) is 2. The minimum absolute atomic E-state index is 0.0393. The molecule has 6 nitrogen and oxygen atoms in total. The number of carbonyl (C=O) groups is 1. The number of likely N-dealkylation sites (N-methyl/N-ethyl adjacent to an activating group) is 1. The summed E-state index contributed by atoms with van der Waals surface area (Å²) in [6.45, 7) is 6.15. The van der Waals surface area contributed by atoms with Gasteiger partial charge in [0.1, 0.15) is 5.41 Å². The highest BCUT2D eigenvalue weighted by molar-refractivity contribution is 6.07. The highest BCUT2D eigenvalue weighted by atomic mass is 16.5. The number of hydrogen-bond donors (Lipinski definition) is 2. The fourth-order valence-electron chi connectivity index (χ4n) is 2.68. The topological polar surface area (TPSA) is 88.2 Å². The molecule has 1 aliphatic carbocycles. The van der Waals surface area contributed by atoms with Crippen molar-refractivity contribution in [2.45, 2.75) is 39.5 Å². The van der Waals surface area contributed by atoms with E-state index in [1.54, 1.807) is 4.90 Å². The molecule has 0 bridgehead atoms. The molecule has 0 unspecified atom stereocenters. The Balaban J connectivity index is 2.80. The summed E-state index contributed by atoms with van der Waals surface area (Å²) in [5.74, 6) is 0.00682. The Morgan fingerprint density at radius 2 is 2.05 bits per heavy atom. The first-order chi connectivity index (χ1) is 9.12. The predicted molar refractivity (Wildman–Crippen MR) is 73.1 cm³/mol. The van der Waals surface area contributed by atoms with Gasteiger partial charge in [-0.3, -0.25) is 4.79 Å². The SMILES string of the molecule is CCOCCN(CC)C(=O)C1(/C(N)=N/O)CCCC1. The third kappa shape index (κ3) is 3.37. The molecule has 0 aliphatic heterocycles. The van der Waals surface area contributed by atoms with E-state index in [2.05, 4.69) is 5.16 Å². The van der Waals surface area contributed by atoms with Gasteiger partial charge >= 0.3 is 0 Å². The lowest BCUT2D eigenvalue weighted by Crippen LogP contribution is -2.50. The molecule has 0 radical (unpaired) electrons. The van der Waals surface area contributed by atoms with Gasteiger partial charge in [-0.1, -0.05) is 18.0 Å². The quantitative estimate of drug-likeness (QED) is 0.239. The van der Waals surface area contributed by atoms with Crippen LogP contribution in [0.2, 0.25) is 0 Å². The molecule has 0 saturated heterocycles. The number of amidine groups is 1. The number of carbonyl (C=O) groups excluding carboxylic acids is 1.